The zero-order valence-electron chi connectivity index (χ0n) is 22.6. The van der Waals surface area contributed by atoms with E-state index in [0.717, 1.165) is 67.2 Å². The van der Waals surface area contributed by atoms with Crippen LogP contribution in [0.2, 0.25) is 0 Å². The summed E-state index contributed by atoms with van der Waals surface area (Å²) in [7, 11) is 0. The van der Waals surface area contributed by atoms with Crippen molar-refractivity contribution in [2.75, 3.05) is 0 Å². The van der Waals surface area contributed by atoms with Crippen LogP contribution >= 0.6 is 0 Å². The van der Waals surface area contributed by atoms with Gasteiger partial charge in [-0.15, -0.1) is 0 Å². The molecule has 0 saturated carbocycles. The summed E-state index contributed by atoms with van der Waals surface area (Å²) < 4.78 is 0. The molecule has 4 nitrogen and oxygen atoms in total. The van der Waals surface area contributed by atoms with Gasteiger partial charge >= 0.3 is 0 Å². The summed E-state index contributed by atoms with van der Waals surface area (Å²) in [5, 5.41) is 9.34. The molecule has 0 aliphatic carbocycles. The van der Waals surface area contributed by atoms with Crippen molar-refractivity contribution in [2.45, 2.75) is 0 Å². The van der Waals surface area contributed by atoms with Crippen LogP contribution < -0.4 is 0 Å². The van der Waals surface area contributed by atoms with Crippen LogP contribution in [0.5, 0.6) is 0 Å². The fourth-order valence-electron chi connectivity index (χ4n) is 5.17. The van der Waals surface area contributed by atoms with Gasteiger partial charge in [-0.05, 0) is 58.7 Å². The third kappa shape index (κ3) is 4.92. The number of nitriles is 1. The Morgan fingerprint density at radius 3 is 1.62 bits per heavy atom. The van der Waals surface area contributed by atoms with Gasteiger partial charge in [0.1, 0.15) is 5.69 Å². The Morgan fingerprint density at radius 1 is 0.381 bits per heavy atom. The number of hydrogen-bond donors (Lipinski definition) is 0. The topological polar surface area (TPSA) is 62.5 Å². The first-order chi connectivity index (χ1) is 20.7. The molecule has 7 aromatic rings. The molecule has 0 aliphatic rings. The molecule has 0 atom stereocenters. The molecule has 2 heterocycles. The van der Waals surface area contributed by atoms with E-state index in [0.29, 0.717) is 5.56 Å². The first-order valence-electron chi connectivity index (χ1n) is 13.8. The van der Waals surface area contributed by atoms with E-state index in [4.69, 9.17) is 15.0 Å². The van der Waals surface area contributed by atoms with Crippen LogP contribution in [0.25, 0.3) is 67.2 Å². The van der Waals surface area contributed by atoms with Gasteiger partial charge in [0.2, 0.25) is 0 Å². The van der Waals surface area contributed by atoms with Crippen molar-refractivity contribution in [3.63, 3.8) is 0 Å². The summed E-state index contributed by atoms with van der Waals surface area (Å²) in [5.74, 6) is 0. The molecule has 5 aromatic carbocycles. The van der Waals surface area contributed by atoms with E-state index < -0.39 is 0 Å². The largest absolute Gasteiger partial charge is 0.246 e. The van der Waals surface area contributed by atoms with Crippen molar-refractivity contribution in [1.82, 2.24) is 15.0 Å². The van der Waals surface area contributed by atoms with E-state index in [-0.39, 0.29) is 0 Å². The Hall–Kier alpha value is -5.92. The highest BCUT2D eigenvalue weighted by Crippen LogP contribution is 2.35. The van der Waals surface area contributed by atoms with E-state index in [9.17, 15) is 5.26 Å². The highest BCUT2D eigenvalue weighted by Gasteiger charge is 2.17. The fraction of sp³-hybridized carbons (Fsp3) is 0. The minimum Gasteiger partial charge on any atom is -0.246 e. The third-order valence-electron chi connectivity index (χ3n) is 7.30. The van der Waals surface area contributed by atoms with Gasteiger partial charge in [-0.25, -0.2) is 15.0 Å². The zero-order chi connectivity index (χ0) is 28.3. The summed E-state index contributed by atoms with van der Waals surface area (Å²) in [5.41, 5.74) is 11.6. The Labute approximate surface area is 244 Å². The first-order valence-corrected chi connectivity index (χ1v) is 13.8. The Kier molecular flexibility index (Phi) is 6.52. The Morgan fingerprint density at radius 2 is 0.929 bits per heavy atom. The van der Waals surface area contributed by atoms with Crippen molar-refractivity contribution in [1.29, 1.82) is 5.26 Å². The molecule has 7 rings (SSSR count). The number of para-hydroxylation sites is 2. The van der Waals surface area contributed by atoms with Crippen molar-refractivity contribution >= 4 is 11.0 Å². The predicted octanol–water partition coefficient (Wildman–Crippen LogP) is 9.23. The van der Waals surface area contributed by atoms with Crippen molar-refractivity contribution in [2.24, 2.45) is 0 Å². The molecular formula is C38H24N4. The highest BCUT2D eigenvalue weighted by atomic mass is 14.9. The normalized spacial score (nSPS) is 10.8. The molecule has 4 heteroatoms. The summed E-state index contributed by atoms with van der Waals surface area (Å²) in [6.45, 7) is 0. The summed E-state index contributed by atoms with van der Waals surface area (Å²) in [6.07, 6.45) is 0. The van der Waals surface area contributed by atoms with Crippen LogP contribution in [0.4, 0.5) is 0 Å². The quantitative estimate of drug-likeness (QED) is 0.220. The maximum absolute atomic E-state index is 9.34. The fourth-order valence-corrected chi connectivity index (χ4v) is 5.17. The molecule has 0 radical (unpaired) electrons. The molecule has 42 heavy (non-hydrogen) atoms. The maximum atomic E-state index is 9.34. The number of rotatable bonds is 5. The van der Waals surface area contributed by atoms with E-state index in [1.165, 1.54) is 0 Å². The zero-order valence-corrected chi connectivity index (χ0v) is 22.6. The number of aromatic nitrogens is 3. The van der Waals surface area contributed by atoms with Gasteiger partial charge in [-0.1, -0.05) is 109 Å². The van der Waals surface area contributed by atoms with Gasteiger partial charge in [0.05, 0.1) is 39.7 Å². The molecular weight excluding hydrogens is 512 g/mol. The second-order valence-corrected chi connectivity index (χ2v) is 10.0. The molecule has 0 fully saturated rings. The molecule has 0 aliphatic heterocycles. The minimum absolute atomic E-state index is 0.637. The highest BCUT2D eigenvalue weighted by molar-refractivity contribution is 5.87. The van der Waals surface area contributed by atoms with E-state index >= 15 is 0 Å². The second kappa shape index (κ2) is 10.9. The predicted molar refractivity (Wildman–Crippen MR) is 169 cm³/mol. The lowest BCUT2D eigenvalue weighted by Crippen LogP contribution is -1.99. The van der Waals surface area contributed by atoms with Crippen LogP contribution in [-0.2, 0) is 0 Å². The number of hydrogen-bond acceptors (Lipinski definition) is 4. The minimum atomic E-state index is 0.637. The van der Waals surface area contributed by atoms with Crippen LogP contribution in [0.1, 0.15) is 5.56 Å². The number of fused-ring (bicyclic) bond motifs is 1. The van der Waals surface area contributed by atoms with Gasteiger partial charge in [0, 0.05) is 11.1 Å². The van der Waals surface area contributed by atoms with Crippen molar-refractivity contribution in [3.05, 3.63) is 151 Å². The van der Waals surface area contributed by atoms with E-state index in [1.807, 2.05) is 84.9 Å². The lowest BCUT2D eigenvalue weighted by Gasteiger charge is -2.14. The van der Waals surface area contributed by atoms with Gasteiger partial charge < -0.3 is 0 Å². The lowest BCUT2D eigenvalue weighted by atomic mass is 9.98. The first kappa shape index (κ1) is 25.1. The van der Waals surface area contributed by atoms with Crippen molar-refractivity contribution < 1.29 is 0 Å². The van der Waals surface area contributed by atoms with Gasteiger partial charge in [-0.3, -0.25) is 0 Å². The van der Waals surface area contributed by atoms with Crippen LogP contribution in [0.3, 0.4) is 0 Å². The van der Waals surface area contributed by atoms with Crippen LogP contribution in [0, 0.1) is 11.3 Å². The van der Waals surface area contributed by atoms with Gasteiger partial charge in [-0.2, -0.15) is 5.26 Å². The Balaban J connectivity index is 1.42. The molecule has 0 N–H and O–H groups in total. The number of benzene rings is 5. The summed E-state index contributed by atoms with van der Waals surface area (Å²) in [6, 6.07) is 50.9. The lowest BCUT2D eigenvalue weighted by molar-refractivity contribution is 1.24. The number of pyridine rings is 1. The van der Waals surface area contributed by atoms with Crippen LogP contribution in [0.15, 0.2) is 146 Å². The smallest absolute Gasteiger partial charge is 0.116 e. The molecule has 0 spiro atoms. The molecule has 2 aromatic heterocycles. The van der Waals surface area contributed by atoms with Crippen molar-refractivity contribution in [3.8, 4) is 62.2 Å². The summed E-state index contributed by atoms with van der Waals surface area (Å²) >= 11 is 0. The number of nitrogens with zero attached hydrogens (tertiary/aromatic N) is 4. The van der Waals surface area contributed by atoms with E-state index in [2.05, 4.69) is 66.7 Å². The SMILES string of the molecule is N#Cc1cccc(-c2ccc(-c3nc4ccccc4nc3-c3cc(-c4ccccc4)cc(-c4ccccc4)n3)cc2)c1. The molecule has 0 bridgehead atoms. The van der Waals surface area contributed by atoms with Gasteiger partial charge in [0.15, 0.2) is 0 Å². The standard InChI is InChI=1S/C38H24N4/c39-25-26-10-9-15-31(22-26)28-18-20-30(21-19-28)37-38(42-34-17-8-7-16-33(34)41-37)36-24-32(27-11-3-1-4-12-27)23-35(40-36)29-13-5-2-6-14-29/h1-24H. The van der Waals surface area contributed by atoms with Gasteiger partial charge in [0.25, 0.3) is 0 Å². The third-order valence-corrected chi connectivity index (χ3v) is 7.30. The molecule has 0 unspecified atom stereocenters. The maximum Gasteiger partial charge on any atom is 0.116 e. The Bertz CT molecular complexity index is 2020. The molecule has 0 saturated heterocycles. The second-order valence-electron chi connectivity index (χ2n) is 10.0. The van der Waals surface area contributed by atoms with E-state index in [1.54, 1.807) is 0 Å². The average molecular weight is 537 g/mol. The monoisotopic (exact) mass is 536 g/mol. The van der Waals surface area contributed by atoms with Crippen LogP contribution in [-0.4, -0.2) is 15.0 Å². The summed E-state index contributed by atoms with van der Waals surface area (Å²) in [4.78, 5) is 15.4. The molecule has 0 amide bonds. The molecule has 196 valence electrons. The average Bonchev–Trinajstić information content (AvgIpc) is 3.08.